The summed E-state index contributed by atoms with van der Waals surface area (Å²) in [5.74, 6) is -1.35. The number of hydrogen-bond acceptors (Lipinski definition) is 5. The second-order valence-electron chi connectivity index (χ2n) is 7.00. The molecule has 8 nitrogen and oxygen atoms in total. The lowest BCUT2D eigenvalue weighted by Gasteiger charge is -2.34. The maximum Gasteiger partial charge on any atom is 0.335 e. The van der Waals surface area contributed by atoms with E-state index in [-0.39, 0.29) is 17.0 Å². The van der Waals surface area contributed by atoms with E-state index < -0.39 is 17.4 Å². The van der Waals surface area contributed by atoms with Gasteiger partial charge in [-0.25, -0.2) is 9.59 Å². The van der Waals surface area contributed by atoms with Crippen molar-refractivity contribution in [3.05, 3.63) is 76.6 Å². The van der Waals surface area contributed by atoms with Crippen molar-refractivity contribution in [2.75, 3.05) is 0 Å². The molecule has 0 aliphatic rings. The molecular formula is C20H20N4O4. The van der Waals surface area contributed by atoms with E-state index in [1.807, 2.05) is 0 Å². The molecule has 0 bridgehead atoms. The highest BCUT2D eigenvalue weighted by Gasteiger charge is 2.41. The van der Waals surface area contributed by atoms with Gasteiger partial charge in [0, 0.05) is 0 Å². The number of rotatable bonds is 7. The molecule has 3 N–H and O–H groups in total. The molecule has 0 aliphatic heterocycles. The summed E-state index contributed by atoms with van der Waals surface area (Å²) in [6.07, 6.45) is 0.616. The molecule has 3 rings (SSSR count). The van der Waals surface area contributed by atoms with E-state index in [0.29, 0.717) is 12.2 Å². The lowest BCUT2D eigenvalue weighted by molar-refractivity contribution is 0.0686. The summed E-state index contributed by atoms with van der Waals surface area (Å²) in [5.41, 5.74) is 1.15. The number of H-pyrrole nitrogens is 1. The number of hydrogen-bond donors (Lipinski definition) is 3. The van der Waals surface area contributed by atoms with Crippen LogP contribution in [0.15, 0.2) is 48.5 Å². The molecule has 1 heterocycles. The zero-order valence-corrected chi connectivity index (χ0v) is 15.5. The van der Waals surface area contributed by atoms with Gasteiger partial charge in [-0.05, 0) is 47.7 Å². The second kappa shape index (κ2) is 7.59. The Kier molecular flexibility index (Phi) is 5.21. The number of nitrogens with one attached hydrogen (secondary N) is 1. The number of carboxylic acids is 2. The van der Waals surface area contributed by atoms with Crippen molar-refractivity contribution in [1.82, 2.24) is 20.6 Å². The van der Waals surface area contributed by atoms with Crippen LogP contribution in [0.3, 0.4) is 0 Å². The molecule has 0 aliphatic carbocycles. The van der Waals surface area contributed by atoms with Gasteiger partial charge in [0.1, 0.15) is 0 Å². The first-order valence-electron chi connectivity index (χ1n) is 8.76. The van der Waals surface area contributed by atoms with Crippen LogP contribution in [0, 0.1) is 5.92 Å². The lowest BCUT2D eigenvalue weighted by atomic mass is 9.68. The largest absolute Gasteiger partial charge is 0.478 e. The summed E-state index contributed by atoms with van der Waals surface area (Å²) in [4.78, 5) is 22.5. The molecule has 144 valence electrons. The zero-order valence-electron chi connectivity index (χ0n) is 15.5. The van der Waals surface area contributed by atoms with Crippen LogP contribution in [0.5, 0.6) is 0 Å². The second-order valence-corrected chi connectivity index (χ2v) is 7.00. The minimum Gasteiger partial charge on any atom is -0.478 e. The number of tetrazole rings is 1. The third-order valence-corrected chi connectivity index (χ3v) is 4.69. The summed E-state index contributed by atoms with van der Waals surface area (Å²) in [5, 5.41) is 33.1. The van der Waals surface area contributed by atoms with Gasteiger partial charge >= 0.3 is 11.9 Å². The van der Waals surface area contributed by atoms with E-state index in [1.54, 1.807) is 48.5 Å². The topological polar surface area (TPSA) is 129 Å². The van der Waals surface area contributed by atoms with Gasteiger partial charge in [-0.2, -0.15) is 5.21 Å². The Labute approximate surface area is 161 Å². The van der Waals surface area contributed by atoms with Gasteiger partial charge in [-0.15, -0.1) is 10.2 Å². The number of aromatic nitrogens is 4. The van der Waals surface area contributed by atoms with Gasteiger partial charge in [0.05, 0.1) is 16.5 Å². The van der Waals surface area contributed by atoms with Gasteiger partial charge in [0.25, 0.3) is 0 Å². The number of benzene rings is 2. The van der Waals surface area contributed by atoms with Gasteiger partial charge in [-0.1, -0.05) is 43.3 Å². The first-order valence-corrected chi connectivity index (χ1v) is 8.76. The number of aromatic amines is 1. The Morgan fingerprint density at radius 3 is 1.71 bits per heavy atom. The number of carboxylic acid groups (broad SMARTS) is 2. The Bertz CT molecular complexity index is 907. The molecule has 0 saturated heterocycles. The van der Waals surface area contributed by atoms with E-state index >= 15 is 0 Å². The average Bonchev–Trinajstić information content (AvgIpc) is 3.21. The minimum absolute atomic E-state index is 0.177. The predicted molar refractivity (Wildman–Crippen MR) is 100 cm³/mol. The molecule has 2 aromatic carbocycles. The van der Waals surface area contributed by atoms with E-state index in [0.717, 1.165) is 11.1 Å². The van der Waals surface area contributed by atoms with Crippen LogP contribution >= 0.6 is 0 Å². The first kappa shape index (κ1) is 19.2. The predicted octanol–water partition coefficient (Wildman–Crippen LogP) is 2.98. The van der Waals surface area contributed by atoms with Crippen LogP contribution in [0.2, 0.25) is 0 Å². The lowest BCUT2D eigenvalue weighted by Crippen LogP contribution is -2.33. The molecule has 0 unspecified atom stereocenters. The van der Waals surface area contributed by atoms with Crippen molar-refractivity contribution in [1.29, 1.82) is 0 Å². The van der Waals surface area contributed by atoms with Crippen LogP contribution in [-0.2, 0) is 5.41 Å². The SMILES string of the molecule is CC(C)CC(c1ccc(C(=O)O)cc1)(c1ccc(C(=O)O)cc1)c1nn[nH]n1. The molecule has 28 heavy (non-hydrogen) atoms. The summed E-state index contributed by atoms with van der Waals surface area (Å²) in [6, 6.07) is 13.1. The third-order valence-electron chi connectivity index (χ3n) is 4.69. The highest BCUT2D eigenvalue weighted by Crippen LogP contribution is 2.42. The fourth-order valence-electron chi connectivity index (χ4n) is 3.50. The summed E-state index contributed by atoms with van der Waals surface area (Å²) in [7, 11) is 0. The van der Waals surface area contributed by atoms with Crippen molar-refractivity contribution in [3.8, 4) is 0 Å². The quantitative estimate of drug-likeness (QED) is 0.574. The molecule has 1 aromatic heterocycles. The van der Waals surface area contributed by atoms with Crippen LogP contribution in [0.4, 0.5) is 0 Å². The summed E-state index contributed by atoms with van der Waals surface area (Å²) < 4.78 is 0. The van der Waals surface area contributed by atoms with Gasteiger partial charge < -0.3 is 10.2 Å². The highest BCUT2D eigenvalue weighted by atomic mass is 16.4. The number of aromatic carboxylic acids is 2. The van der Waals surface area contributed by atoms with Gasteiger partial charge in [0.15, 0.2) is 5.82 Å². The standard InChI is InChI=1S/C20H20N4O4/c1-12(2)11-20(19-21-23-24-22-19,15-7-3-13(4-8-15)17(25)26)16-9-5-14(6-10-16)18(27)28/h3-10,12H,11H2,1-2H3,(H,25,26)(H,27,28)(H,21,22,23,24). The van der Waals surface area contributed by atoms with Crippen LogP contribution < -0.4 is 0 Å². The van der Waals surface area contributed by atoms with Crippen molar-refractivity contribution >= 4 is 11.9 Å². The van der Waals surface area contributed by atoms with Crippen molar-refractivity contribution in [2.24, 2.45) is 5.92 Å². The van der Waals surface area contributed by atoms with Crippen LogP contribution in [0.25, 0.3) is 0 Å². The first-order chi connectivity index (χ1) is 13.3. The molecule has 3 aromatic rings. The van der Waals surface area contributed by atoms with E-state index in [1.165, 1.54) is 0 Å². The van der Waals surface area contributed by atoms with Gasteiger partial charge in [0.2, 0.25) is 0 Å². The fourth-order valence-corrected chi connectivity index (χ4v) is 3.50. The molecule has 0 atom stereocenters. The average molecular weight is 380 g/mol. The minimum atomic E-state index is -1.01. The van der Waals surface area contributed by atoms with Crippen molar-refractivity contribution in [3.63, 3.8) is 0 Å². The maximum absolute atomic E-state index is 11.2. The molecule has 0 fully saturated rings. The molecule has 0 radical (unpaired) electrons. The van der Waals surface area contributed by atoms with Crippen LogP contribution in [-0.4, -0.2) is 42.8 Å². The number of carbonyl (C=O) groups is 2. The van der Waals surface area contributed by atoms with Crippen molar-refractivity contribution in [2.45, 2.75) is 25.7 Å². The normalized spacial score (nSPS) is 11.5. The van der Waals surface area contributed by atoms with E-state index in [9.17, 15) is 19.8 Å². The monoisotopic (exact) mass is 380 g/mol. The Balaban J connectivity index is 2.24. The Hall–Kier alpha value is -3.55. The molecule has 8 heteroatoms. The highest BCUT2D eigenvalue weighted by molar-refractivity contribution is 5.88. The van der Waals surface area contributed by atoms with E-state index in [2.05, 4.69) is 34.5 Å². The Morgan fingerprint density at radius 2 is 1.39 bits per heavy atom. The fraction of sp³-hybridized carbons (Fsp3) is 0.250. The zero-order chi connectivity index (χ0) is 20.3. The molecule has 0 spiro atoms. The molecule has 0 amide bonds. The summed E-state index contributed by atoms with van der Waals surface area (Å²) >= 11 is 0. The number of nitrogens with zero attached hydrogens (tertiary/aromatic N) is 3. The van der Waals surface area contributed by atoms with E-state index in [4.69, 9.17) is 0 Å². The van der Waals surface area contributed by atoms with Gasteiger partial charge in [-0.3, -0.25) is 0 Å². The van der Waals surface area contributed by atoms with Crippen LogP contribution in [0.1, 0.15) is 57.9 Å². The maximum atomic E-state index is 11.2. The Morgan fingerprint density at radius 1 is 0.929 bits per heavy atom. The van der Waals surface area contributed by atoms with Crippen molar-refractivity contribution < 1.29 is 19.8 Å². The molecule has 0 saturated carbocycles. The molecular weight excluding hydrogens is 360 g/mol. The summed E-state index contributed by atoms with van der Waals surface area (Å²) in [6.45, 7) is 4.12. The smallest absolute Gasteiger partial charge is 0.335 e. The third kappa shape index (κ3) is 3.48.